The predicted octanol–water partition coefficient (Wildman–Crippen LogP) is 1.55. The van der Waals surface area contributed by atoms with E-state index in [1.54, 1.807) is 17.2 Å². The topological polar surface area (TPSA) is 59.2 Å². The molecule has 2 heterocycles. The van der Waals surface area contributed by atoms with Gasteiger partial charge in [0.15, 0.2) is 0 Å². The highest BCUT2D eigenvalue weighted by Crippen LogP contribution is 2.32. The van der Waals surface area contributed by atoms with Gasteiger partial charge in [0, 0.05) is 24.5 Å². The van der Waals surface area contributed by atoms with Gasteiger partial charge in [0.1, 0.15) is 0 Å². The summed E-state index contributed by atoms with van der Waals surface area (Å²) in [6, 6.07) is 7.49. The molecule has 2 N–H and O–H groups in total. The summed E-state index contributed by atoms with van der Waals surface area (Å²) in [5.74, 6) is 0.162. The molecule has 80 valence electrons. The zero-order chi connectivity index (χ0) is 11.1. The third-order valence-electron chi connectivity index (χ3n) is 2.92. The van der Waals surface area contributed by atoms with E-state index in [-0.39, 0.29) is 5.91 Å². The molecule has 1 aliphatic rings. The first-order valence-corrected chi connectivity index (χ1v) is 5.21. The Kier molecular flexibility index (Phi) is 1.83. The molecule has 0 unspecified atom stereocenters. The van der Waals surface area contributed by atoms with Crippen LogP contribution in [0.15, 0.2) is 30.5 Å². The molecule has 16 heavy (non-hydrogen) atoms. The number of amides is 1. The zero-order valence-electron chi connectivity index (χ0n) is 8.68. The van der Waals surface area contributed by atoms with Crippen LogP contribution in [0.1, 0.15) is 6.42 Å². The normalized spacial score (nSPS) is 15.2. The number of benzene rings is 1. The van der Waals surface area contributed by atoms with Gasteiger partial charge in [0.05, 0.1) is 16.9 Å². The van der Waals surface area contributed by atoms with E-state index in [0.29, 0.717) is 12.1 Å². The third-order valence-corrected chi connectivity index (χ3v) is 2.92. The molecule has 1 aliphatic heterocycles. The Morgan fingerprint density at radius 1 is 1.31 bits per heavy atom. The highest BCUT2D eigenvalue weighted by molar-refractivity contribution is 6.08. The van der Waals surface area contributed by atoms with E-state index in [4.69, 9.17) is 5.73 Å². The fourth-order valence-corrected chi connectivity index (χ4v) is 1.98. The summed E-state index contributed by atoms with van der Waals surface area (Å²) in [4.78, 5) is 17.4. The van der Waals surface area contributed by atoms with Crippen LogP contribution < -0.4 is 10.6 Å². The van der Waals surface area contributed by atoms with Crippen LogP contribution in [0, 0.1) is 0 Å². The molecule has 4 heteroatoms. The molecule has 2 aromatic rings. The molecule has 0 spiro atoms. The number of hydrogen-bond donors (Lipinski definition) is 1. The average molecular weight is 213 g/mol. The van der Waals surface area contributed by atoms with Gasteiger partial charge in [0.25, 0.3) is 0 Å². The van der Waals surface area contributed by atoms with Crippen molar-refractivity contribution in [1.29, 1.82) is 0 Å². The van der Waals surface area contributed by atoms with Crippen molar-refractivity contribution in [2.45, 2.75) is 6.42 Å². The minimum Gasteiger partial charge on any atom is -0.397 e. The van der Waals surface area contributed by atoms with E-state index >= 15 is 0 Å². The SMILES string of the molecule is Nc1ccc(N2CCC2=O)c2cccnc12. The Morgan fingerprint density at radius 3 is 2.88 bits per heavy atom. The molecule has 0 saturated carbocycles. The Morgan fingerprint density at radius 2 is 2.19 bits per heavy atom. The standard InChI is InChI=1S/C12H11N3O/c13-9-3-4-10(15-7-5-11(15)16)8-2-1-6-14-12(8)9/h1-4,6H,5,7,13H2. The number of carbonyl (C=O) groups excluding carboxylic acids is 1. The van der Waals surface area contributed by atoms with E-state index in [0.717, 1.165) is 23.1 Å². The number of β-lactam (4-membered cyclic amide) rings is 1. The highest BCUT2D eigenvalue weighted by atomic mass is 16.2. The first kappa shape index (κ1) is 9.15. The van der Waals surface area contributed by atoms with Gasteiger partial charge in [-0.25, -0.2) is 0 Å². The van der Waals surface area contributed by atoms with Gasteiger partial charge < -0.3 is 10.6 Å². The summed E-state index contributed by atoms with van der Waals surface area (Å²) in [6.45, 7) is 0.784. The number of rotatable bonds is 1. The van der Waals surface area contributed by atoms with Gasteiger partial charge in [-0.05, 0) is 24.3 Å². The van der Waals surface area contributed by atoms with Crippen molar-refractivity contribution in [2.24, 2.45) is 0 Å². The Labute approximate surface area is 92.7 Å². The Bertz CT molecular complexity index is 579. The van der Waals surface area contributed by atoms with Crippen LogP contribution in [0.3, 0.4) is 0 Å². The molecule has 1 amide bonds. The molecular formula is C12H11N3O. The number of aromatic nitrogens is 1. The monoisotopic (exact) mass is 213 g/mol. The lowest BCUT2D eigenvalue weighted by atomic mass is 10.1. The smallest absolute Gasteiger partial charge is 0.228 e. The summed E-state index contributed by atoms with van der Waals surface area (Å²) < 4.78 is 0. The number of nitrogen functional groups attached to an aromatic ring is 1. The predicted molar refractivity (Wildman–Crippen MR) is 63.1 cm³/mol. The van der Waals surface area contributed by atoms with Crippen LogP contribution in [-0.2, 0) is 4.79 Å². The van der Waals surface area contributed by atoms with Crippen molar-refractivity contribution in [3.8, 4) is 0 Å². The van der Waals surface area contributed by atoms with Crippen LogP contribution in [0.5, 0.6) is 0 Å². The van der Waals surface area contributed by atoms with Crippen molar-refractivity contribution < 1.29 is 4.79 Å². The minimum atomic E-state index is 0.162. The molecule has 0 aliphatic carbocycles. The molecule has 1 fully saturated rings. The average Bonchev–Trinajstić information content (AvgIpc) is 2.31. The van der Waals surface area contributed by atoms with Crippen LogP contribution in [0.4, 0.5) is 11.4 Å². The second kappa shape index (κ2) is 3.20. The number of nitrogens with two attached hydrogens (primary N) is 1. The van der Waals surface area contributed by atoms with E-state index in [1.165, 1.54) is 0 Å². The van der Waals surface area contributed by atoms with Crippen LogP contribution >= 0.6 is 0 Å². The number of hydrogen-bond acceptors (Lipinski definition) is 3. The van der Waals surface area contributed by atoms with Gasteiger partial charge in [-0.2, -0.15) is 0 Å². The number of nitrogens with zero attached hydrogens (tertiary/aromatic N) is 2. The second-order valence-electron chi connectivity index (χ2n) is 3.87. The maximum absolute atomic E-state index is 11.4. The molecule has 0 atom stereocenters. The van der Waals surface area contributed by atoms with Crippen molar-refractivity contribution >= 4 is 28.2 Å². The van der Waals surface area contributed by atoms with Gasteiger partial charge in [-0.1, -0.05) is 0 Å². The maximum Gasteiger partial charge on any atom is 0.228 e. The van der Waals surface area contributed by atoms with Crippen molar-refractivity contribution in [1.82, 2.24) is 4.98 Å². The lowest BCUT2D eigenvalue weighted by Crippen LogP contribution is -2.43. The quantitative estimate of drug-likeness (QED) is 0.577. The number of carbonyl (C=O) groups is 1. The fourth-order valence-electron chi connectivity index (χ4n) is 1.98. The third kappa shape index (κ3) is 1.16. The first-order valence-electron chi connectivity index (χ1n) is 5.21. The Hall–Kier alpha value is -2.10. The lowest BCUT2D eigenvalue weighted by Gasteiger charge is -2.31. The van der Waals surface area contributed by atoms with Gasteiger partial charge in [-0.3, -0.25) is 9.78 Å². The molecule has 1 saturated heterocycles. The van der Waals surface area contributed by atoms with Gasteiger partial charge >= 0.3 is 0 Å². The van der Waals surface area contributed by atoms with E-state index in [9.17, 15) is 4.79 Å². The van der Waals surface area contributed by atoms with E-state index in [1.807, 2.05) is 18.2 Å². The summed E-state index contributed by atoms with van der Waals surface area (Å²) in [7, 11) is 0. The number of pyridine rings is 1. The largest absolute Gasteiger partial charge is 0.397 e. The highest BCUT2D eigenvalue weighted by Gasteiger charge is 2.26. The number of anilines is 2. The fraction of sp³-hybridized carbons (Fsp3) is 0.167. The first-order chi connectivity index (χ1) is 7.77. The van der Waals surface area contributed by atoms with Crippen LogP contribution in [0.2, 0.25) is 0 Å². The van der Waals surface area contributed by atoms with Crippen molar-refractivity contribution in [2.75, 3.05) is 17.2 Å². The minimum absolute atomic E-state index is 0.162. The maximum atomic E-state index is 11.4. The summed E-state index contributed by atoms with van der Waals surface area (Å²) in [5.41, 5.74) is 8.17. The lowest BCUT2D eigenvalue weighted by molar-refractivity contribution is -0.122. The van der Waals surface area contributed by atoms with Crippen LogP contribution in [0.25, 0.3) is 10.9 Å². The molecular weight excluding hydrogens is 202 g/mol. The summed E-state index contributed by atoms with van der Waals surface area (Å²) >= 11 is 0. The van der Waals surface area contributed by atoms with Gasteiger partial charge in [-0.15, -0.1) is 0 Å². The van der Waals surface area contributed by atoms with Crippen molar-refractivity contribution in [3.05, 3.63) is 30.5 Å². The van der Waals surface area contributed by atoms with Crippen molar-refractivity contribution in [3.63, 3.8) is 0 Å². The summed E-state index contributed by atoms with van der Waals surface area (Å²) in [6.07, 6.45) is 2.34. The van der Waals surface area contributed by atoms with Crippen LogP contribution in [-0.4, -0.2) is 17.4 Å². The second-order valence-corrected chi connectivity index (χ2v) is 3.87. The molecule has 0 bridgehead atoms. The molecule has 4 nitrogen and oxygen atoms in total. The van der Waals surface area contributed by atoms with E-state index in [2.05, 4.69) is 4.98 Å². The molecule has 0 radical (unpaired) electrons. The molecule has 3 rings (SSSR count). The zero-order valence-corrected chi connectivity index (χ0v) is 8.68. The molecule has 1 aromatic carbocycles. The number of fused-ring (bicyclic) bond motifs is 1. The molecule has 1 aromatic heterocycles. The summed E-state index contributed by atoms with van der Waals surface area (Å²) in [5, 5.41) is 0.940. The van der Waals surface area contributed by atoms with E-state index < -0.39 is 0 Å². The van der Waals surface area contributed by atoms with Gasteiger partial charge in [0.2, 0.25) is 5.91 Å². The Balaban J connectivity index is 2.25.